The molecule has 1 aliphatic heterocycles. The van der Waals surface area contributed by atoms with Crippen LogP contribution in [-0.4, -0.2) is 57.9 Å². The molecular formula is C20H27F3N6O2. The molecule has 1 aromatic rings. The third-order valence-electron chi connectivity index (χ3n) is 5.65. The largest absolute Gasteiger partial charge is 0.421 e. The molecule has 0 radical (unpaired) electrons. The number of nitrogens with one attached hydrogen (secondary N) is 3. The zero-order valence-corrected chi connectivity index (χ0v) is 17.3. The highest BCUT2D eigenvalue weighted by Crippen LogP contribution is 2.35. The summed E-state index contributed by atoms with van der Waals surface area (Å²) in [4.78, 5) is 32.9. The first-order valence-electron chi connectivity index (χ1n) is 10.3. The predicted molar refractivity (Wildman–Crippen MR) is 109 cm³/mol. The van der Waals surface area contributed by atoms with Gasteiger partial charge in [-0.05, 0) is 38.2 Å². The predicted octanol–water partition coefficient (Wildman–Crippen LogP) is 2.55. The van der Waals surface area contributed by atoms with Gasteiger partial charge in [-0.15, -0.1) is 0 Å². The van der Waals surface area contributed by atoms with Crippen molar-refractivity contribution in [3.63, 3.8) is 0 Å². The number of hydrogen-bond donors (Lipinski definition) is 3. The second-order valence-corrected chi connectivity index (χ2v) is 7.90. The first-order valence-corrected chi connectivity index (χ1v) is 10.3. The Labute approximate surface area is 178 Å². The lowest BCUT2D eigenvalue weighted by Crippen LogP contribution is -2.44. The lowest BCUT2D eigenvalue weighted by atomic mass is 10.1. The van der Waals surface area contributed by atoms with Crippen LogP contribution in [0.15, 0.2) is 18.9 Å². The molecule has 1 saturated heterocycles. The highest BCUT2D eigenvalue weighted by atomic mass is 19.4. The number of anilines is 2. The van der Waals surface area contributed by atoms with Crippen LogP contribution < -0.4 is 16.0 Å². The topological polar surface area (TPSA) is 99.2 Å². The summed E-state index contributed by atoms with van der Waals surface area (Å²) in [5, 5.41) is 8.69. The van der Waals surface area contributed by atoms with Crippen LogP contribution >= 0.6 is 0 Å². The van der Waals surface area contributed by atoms with Gasteiger partial charge in [0.25, 0.3) is 0 Å². The van der Waals surface area contributed by atoms with Gasteiger partial charge in [-0.1, -0.05) is 6.58 Å². The summed E-state index contributed by atoms with van der Waals surface area (Å²) in [5.74, 6) is -0.673. The van der Waals surface area contributed by atoms with E-state index in [0.717, 1.165) is 31.5 Å². The zero-order chi connectivity index (χ0) is 22.6. The van der Waals surface area contributed by atoms with Crippen molar-refractivity contribution in [2.45, 2.75) is 63.3 Å². The van der Waals surface area contributed by atoms with E-state index >= 15 is 0 Å². The third-order valence-corrected chi connectivity index (χ3v) is 5.65. The number of rotatable bonds is 6. The summed E-state index contributed by atoms with van der Waals surface area (Å²) in [5.41, 5.74) is -0.965. The fourth-order valence-corrected chi connectivity index (χ4v) is 4.06. The Morgan fingerprint density at radius 1 is 1.19 bits per heavy atom. The number of likely N-dealkylation sites (tertiary alicyclic amines) is 1. The Kier molecular flexibility index (Phi) is 7.01. The molecule has 11 heteroatoms. The van der Waals surface area contributed by atoms with Gasteiger partial charge in [0.1, 0.15) is 11.4 Å². The second-order valence-electron chi connectivity index (χ2n) is 7.90. The number of carbonyl (C=O) groups is 2. The second kappa shape index (κ2) is 9.52. The van der Waals surface area contributed by atoms with Gasteiger partial charge in [0, 0.05) is 44.3 Å². The fourth-order valence-electron chi connectivity index (χ4n) is 4.06. The van der Waals surface area contributed by atoms with Crippen LogP contribution in [0, 0.1) is 0 Å². The summed E-state index contributed by atoms with van der Waals surface area (Å²) < 4.78 is 40.6. The van der Waals surface area contributed by atoms with Crippen LogP contribution in [0.5, 0.6) is 0 Å². The van der Waals surface area contributed by atoms with Gasteiger partial charge in [-0.3, -0.25) is 9.59 Å². The monoisotopic (exact) mass is 440 g/mol. The summed E-state index contributed by atoms with van der Waals surface area (Å²) in [6.45, 7) is 6.00. The molecule has 0 aromatic carbocycles. The molecule has 2 fully saturated rings. The zero-order valence-electron chi connectivity index (χ0n) is 17.3. The molecule has 2 aliphatic rings. The Bertz CT molecular complexity index is 832. The molecule has 0 spiro atoms. The number of hydrogen-bond acceptors (Lipinski definition) is 6. The standard InChI is InChI=1S/C20H27F3N6O2/c1-3-17(31)26-15-7-4-8-16(15)27-18-14(20(21,22)23)10-24-19(28-18)25-13-6-5-9-29(11-13)12(2)30/h3,10,13,15-16H,1,4-9,11H2,2H3,(H,26,31)(H2,24,25,27,28)/t13-,15-,16-/m0/s1. The number of piperidine rings is 1. The quantitative estimate of drug-likeness (QED) is 0.588. The van der Waals surface area contributed by atoms with E-state index in [9.17, 15) is 22.8 Å². The van der Waals surface area contributed by atoms with Crippen molar-refractivity contribution in [2.75, 3.05) is 23.7 Å². The van der Waals surface area contributed by atoms with E-state index in [2.05, 4.69) is 32.5 Å². The van der Waals surface area contributed by atoms with Gasteiger partial charge in [0.15, 0.2) is 0 Å². The fraction of sp³-hybridized carbons (Fsp3) is 0.600. The number of aromatic nitrogens is 2. The van der Waals surface area contributed by atoms with E-state index in [1.807, 2.05) is 0 Å². The molecule has 8 nitrogen and oxygen atoms in total. The maximum absolute atomic E-state index is 13.5. The van der Waals surface area contributed by atoms with E-state index in [1.165, 1.54) is 6.92 Å². The van der Waals surface area contributed by atoms with Crippen molar-refractivity contribution in [2.24, 2.45) is 0 Å². The van der Waals surface area contributed by atoms with Crippen molar-refractivity contribution < 1.29 is 22.8 Å². The summed E-state index contributed by atoms with van der Waals surface area (Å²) in [7, 11) is 0. The molecule has 1 aromatic heterocycles. The smallest absolute Gasteiger partial charge is 0.365 e. The molecule has 1 saturated carbocycles. The van der Waals surface area contributed by atoms with Gasteiger partial charge >= 0.3 is 6.18 Å². The molecule has 2 heterocycles. The van der Waals surface area contributed by atoms with Crippen LogP contribution in [0.4, 0.5) is 24.9 Å². The van der Waals surface area contributed by atoms with Crippen LogP contribution in [-0.2, 0) is 15.8 Å². The average Bonchev–Trinajstić information content (AvgIpc) is 3.13. The van der Waals surface area contributed by atoms with E-state index in [-0.39, 0.29) is 35.7 Å². The minimum Gasteiger partial charge on any atom is -0.365 e. The highest BCUT2D eigenvalue weighted by Gasteiger charge is 2.37. The molecular weight excluding hydrogens is 413 g/mol. The molecule has 31 heavy (non-hydrogen) atoms. The average molecular weight is 440 g/mol. The minimum absolute atomic E-state index is 0.0453. The van der Waals surface area contributed by atoms with Gasteiger partial charge in [-0.25, -0.2) is 4.98 Å². The molecule has 0 bridgehead atoms. The Hall–Kier alpha value is -2.85. The lowest BCUT2D eigenvalue weighted by Gasteiger charge is -2.32. The maximum Gasteiger partial charge on any atom is 0.421 e. The summed E-state index contributed by atoms with van der Waals surface area (Å²) >= 11 is 0. The first-order chi connectivity index (χ1) is 14.7. The summed E-state index contributed by atoms with van der Waals surface area (Å²) in [6.07, 6.45) is 0.828. The van der Waals surface area contributed by atoms with Crippen molar-refractivity contribution in [3.8, 4) is 0 Å². The number of amides is 2. The number of carbonyl (C=O) groups excluding carboxylic acids is 2. The van der Waals surface area contributed by atoms with E-state index in [4.69, 9.17) is 0 Å². The van der Waals surface area contributed by atoms with Crippen molar-refractivity contribution in [3.05, 3.63) is 24.4 Å². The van der Waals surface area contributed by atoms with Crippen molar-refractivity contribution >= 4 is 23.6 Å². The minimum atomic E-state index is -4.63. The molecule has 170 valence electrons. The summed E-state index contributed by atoms with van der Waals surface area (Å²) in [6, 6.07) is -0.857. The van der Waals surface area contributed by atoms with E-state index < -0.39 is 17.8 Å². The SMILES string of the molecule is C=CC(=O)N[C@H]1CCC[C@@H]1Nc1nc(N[C@H]2CCCN(C(C)=O)C2)ncc1C(F)(F)F. The van der Waals surface area contributed by atoms with Crippen LogP contribution in [0.3, 0.4) is 0 Å². The molecule has 3 N–H and O–H groups in total. The number of halogens is 3. The Balaban J connectivity index is 1.78. The van der Waals surface area contributed by atoms with Gasteiger partial charge < -0.3 is 20.9 Å². The number of alkyl halides is 3. The van der Waals surface area contributed by atoms with Crippen molar-refractivity contribution in [1.82, 2.24) is 20.2 Å². The Morgan fingerprint density at radius 3 is 2.61 bits per heavy atom. The molecule has 1 aliphatic carbocycles. The lowest BCUT2D eigenvalue weighted by molar-refractivity contribution is -0.137. The first kappa shape index (κ1) is 22.8. The van der Waals surface area contributed by atoms with E-state index in [0.29, 0.717) is 25.9 Å². The maximum atomic E-state index is 13.5. The van der Waals surface area contributed by atoms with Crippen molar-refractivity contribution in [1.29, 1.82) is 0 Å². The third kappa shape index (κ3) is 5.86. The number of nitrogens with zero attached hydrogens (tertiary/aromatic N) is 3. The van der Waals surface area contributed by atoms with E-state index in [1.54, 1.807) is 4.90 Å². The molecule has 2 amide bonds. The van der Waals surface area contributed by atoms with Gasteiger partial charge in [0.2, 0.25) is 17.8 Å². The van der Waals surface area contributed by atoms with Crippen LogP contribution in [0.2, 0.25) is 0 Å². The highest BCUT2D eigenvalue weighted by molar-refractivity contribution is 5.87. The van der Waals surface area contributed by atoms with Crippen LogP contribution in [0.1, 0.15) is 44.6 Å². The van der Waals surface area contributed by atoms with Gasteiger partial charge in [-0.2, -0.15) is 18.2 Å². The van der Waals surface area contributed by atoms with Gasteiger partial charge in [0.05, 0.1) is 0 Å². The Morgan fingerprint density at radius 2 is 1.94 bits per heavy atom. The molecule has 3 rings (SSSR count). The normalized spacial score (nSPS) is 23.9. The molecule has 3 atom stereocenters. The molecule has 0 unspecified atom stereocenters. The van der Waals surface area contributed by atoms with Crippen LogP contribution in [0.25, 0.3) is 0 Å².